The molecule has 0 atom stereocenters. The third kappa shape index (κ3) is 4.86. The van der Waals surface area contributed by atoms with Crippen molar-refractivity contribution in [2.24, 2.45) is 0 Å². The lowest BCUT2D eigenvalue weighted by Crippen LogP contribution is -2.43. The third-order valence-electron chi connectivity index (χ3n) is 6.58. The molecule has 0 aliphatic carbocycles. The van der Waals surface area contributed by atoms with Gasteiger partial charge in [0.15, 0.2) is 11.5 Å². The molecule has 4 heterocycles. The minimum absolute atomic E-state index is 0.159. The van der Waals surface area contributed by atoms with Crippen LogP contribution in [0.4, 0.5) is 4.39 Å². The number of hydrogen-bond acceptors (Lipinski definition) is 6. The Kier molecular flexibility index (Phi) is 6.28. The van der Waals surface area contributed by atoms with Crippen molar-refractivity contribution in [2.75, 3.05) is 32.8 Å². The van der Waals surface area contributed by atoms with Gasteiger partial charge in [0.05, 0.1) is 17.4 Å². The maximum absolute atomic E-state index is 14.6. The van der Waals surface area contributed by atoms with Crippen molar-refractivity contribution in [3.63, 3.8) is 0 Å². The summed E-state index contributed by atoms with van der Waals surface area (Å²) in [4.78, 5) is 21.8. The molecule has 8 heteroatoms. The van der Waals surface area contributed by atoms with E-state index in [4.69, 9.17) is 9.47 Å². The molecule has 174 valence electrons. The zero-order chi connectivity index (χ0) is 22.8. The van der Waals surface area contributed by atoms with E-state index in [9.17, 15) is 9.18 Å². The van der Waals surface area contributed by atoms with E-state index in [0.29, 0.717) is 54.6 Å². The van der Waals surface area contributed by atoms with Gasteiger partial charge in [-0.1, -0.05) is 0 Å². The average molecular weight is 453 g/mol. The lowest BCUT2D eigenvalue weighted by atomic mass is 10.0. The summed E-state index contributed by atoms with van der Waals surface area (Å²) < 4.78 is 25.7. The molecule has 1 aromatic carbocycles. The van der Waals surface area contributed by atoms with Crippen molar-refractivity contribution in [1.29, 1.82) is 0 Å². The molecule has 0 spiro atoms. The molecule has 1 saturated heterocycles. The maximum Gasteiger partial charge on any atom is 0.251 e. The van der Waals surface area contributed by atoms with E-state index in [2.05, 4.69) is 20.2 Å². The van der Waals surface area contributed by atoms with Gasteiger partial charge in [-0.05, 0) is 62.9 Å². The highest BCUT2D eigenvalue weighted by atomic mass is 19.1. The number of aryl methyl sites for hydroxylation is 1. The van der Waals surface area contributed by atoms with E-state index in [1.165, 1.54) is 6.07 Å². The Morgan fingerprint density at radius 3 is 2.79 bits per heavy atom. The summed E-state index contributed by atoms with van der Waals surface area (Å²) in [6.07, 6.45) is 4.35. The van der Waals surface area contributed by atoms with E-state index in [0.717, 1.165) is 49.3 Å². The number of nitrogens with one attached hydrogen (secondary N) is 2. The average Bonchev–Trinajstić information content (AvgIpc) is 2.84. The number of H-pyrrole nitrogens is 1. The molecule has 7 nitrogen and oxygen atoms in total. The molecule has 0 amide bonds. The first kappa shape index (κ1) is 21.9. The van der Waals surface area contributed by atoms with Gasteiger partial charge in [-0.2, -0.15) is 0 Å². The van der Waals surface area contributed by atoms with Gasteiger partial charge in [-0.3, -0.25) is 9.78 Å². The van der Waals surface area contributed by atoms with Gasteiger partial charge in [0.1, 0.15) is 19.0 Å². The Bertz CT molecular complexity index is 1200. The predicted molar refractivity (Wildman–Crippen MR) is 124 cm³/mol. The fraction of sp³-hybridized carbons (Fsp3) is 0.440. The summed E-state index contributed by atoms with van der Waals surface area (Å²) in [6.45, 7) is 6.26. The molecule has 5 rings (SSSR count). The zero-order valence-corrected chi connectivity index (χ0v) is 18.8. The quantitative estimate of drug-likeness (QED) is 0.599. The number of aromatic nitrogens is 2. The van der Waals surface area contributed by atoms with Crippen molar-refractivity contribution in [3.8, 4) is 11.5 Å². The number of likely N-dealkylation sites (tertiary alicyclic amines) is 1. The van der Waals surface area contributed by atoms with Gasteiger partial charge >= 0.3 is 0 Å². The molecule has 0 unspecified atom stereocenters. The van der Waals surface area contributed by atoms with Gasteiger partial charge in [0.25, 0.3) is 5.56 Å². The Morgan fingerprint density at radius 2 is 1.97 bits per heavy atom. The van der Waals surface area contributed by atoms with E-state index in [1.54, 1.807) is 19.2 Å². The van der Waals surface area contributed by atoms with Crippen LogP contribution in [-0.2, 0) is 13.0 Å². The minimum Gasteiger partial charge on any atom is -0.486 e. The van der Waals surface area contributed by atoms with Crippen LogP contribution in [-0.4, -0.2) is 53.8 Å². The summed E-state index contributed by atoms with van der Waals surface area (Å²) in [5.41, 5.74) is 2.63. The van der Waals surface area contributed by atoms with Crippen molar-refractivity contribution in [3.05, 3.63) is 63.5 Å². The summed E-state index contributed by atoms with van der Waals surface area (Å²) in [5, 5.41) is 4.47. The predicted octanol–water partition coefficient (Wildman–Crippen LogP) is 2.94. The maximum atomic E-state index is 14.6. The number of nitrogens with zero attached hydrogens (tertiary/aromatic N) is 2. The fourth-order valence-corrected chi connectivity index (χ4v) is 4.63. The van der Waals surface area contributed by atoms with Crippen molar-refractivity contribution >= 4 is 10.9 Å². The van der Waals surface area contributed by atoms with Gasteiger partial charge < -0.3 is 24.7 Å². The lowest BCUT2D eigenvalue weighted by molar-refractivity contribution is 0.170. The number of benzene rings is 1. The van der Waals surface area contributed by atoms with E-state index in [-0.39, 0.29) is 11.4 Å². The topological polar surface area (TPSA) is 79.5 Å². The summed E-state index contributed by atoms with van der Waals surface area (Å²) >= 11 is 0. The molecule has 2 aliphatic heterocycles. The number of hydrogen-bond donors (Lipinski definition) is 2. The van der Waals surface area contributed by atoms with Crippen LogP contribution >= 0.6 is 0 Å². The number of rotatable bonds is 6. The smallest absolute Gasteiger partial charge is 0.251 e. The summed E-state index contributed by atoms with van der Waals surface area (Å²) in [6, 6.07) is 7.42. The van der Waals surface area contributed by atoms with Gasteiger partial charge in [0.2, 0.25) is 0 Å². The number of piperidine rings is 1. The second-order valence-corrected chi connectivity index (χ2v) is 8.84. The molecule has 0 radical (unpaired) electrons. The number of ether oxygens (including phenoxy) is 2. The molecule has 3 aromatic rings. The molecule has 0 bridgehead atoms. The first-order chi connectivity index (χ1) is 16.1. The number of halogens is 1. The van der Waals surface area contributed by atoms with Crippen molar-refractivity contribution < 1.29 is 13.9 Å². The Balaban J connectivity index is 1.14. The van der Waals surface area contributed by atoms with Crippen LogP contribution in [0.25, 0.3) is 10.9 Å². The highest BCUT2D eigenvalue weighted by Gasteiger charge is 2.20. The Labute approximate surface area is 191 Å². The number of pyridine rings is 2. The van der Waals surface area contributed by atoms with Crippen LogP contribution in [0.2, 0.25) is 0 Å². The summed E-state index contributed by atoms with van der Waals surface area (Å²) in [7, 11) is 0. The van der Waals surface area contributed by atoms with Crippen molar-refractivity contribution in [2.45, 2.75) is 38.8 Å². The molecule has 33 heavy (non-hydrogen) atoms. The van der Waals surface area contributed by atoms with Gasteiger partial charge in [0, 0.05) is 36.3 Å². The second-order valence-electron chi connectivity index (χ2n) is 8.84. The van der Waals surface area contributed by atoms with Crippen LogP contribution in [0.1, 0.15) is 29.7 Å². The molecular weight excluding hydrogens is 423 g/mol. The molecule has 2 aliphatic rings. The summed E-state index contributed by atoms with van der Waals surface area (Å²) in [5.74, 6) is 1.21. The van der Waals surface area contributed by atoms with Crippen LogP contribution in [0.5, 0.6) is 11.5 Å². The van der Waals surface area contributed by atoms with E-state index >= 15 is 0 Å². The normalized spacial score (nSPS) is 16.9. The highest BCUT2D eigenvalue weighted by molar-refractivity contribution is 5.82. The van der Waals surface area contributed by atoms with Crippen LogP contribution in [0.15, 0.2) is 35.3 Å². The Hall–Kier alpha value is -2.97. The largest absolute Gasteiger partial charge is 0.486 e. The van der Waals surface area contributed by atoms with Crippen molar-refractivity contribution in [1.82, 2.24) is 20.2 Å². The first-order valence-corrected chi connectivity index (χ1v) is 11.6. The molecule has 2 aromatic heterocycles. The third-order valence-corrected chi connectivity index (χ3v) is 6.58. The minimum atomic E-state index is -0.259. The van der Waals surface area contributed by atoms with Gasteiger partial charge in [-0.15, -0.1) is 0 Å². The molecular formula is C25H29FN4O3. The van der Waals surface area contributed by atoms with Crippen LogP contribution in [0.3, 0.4) is 0 Å². The number of aromatic amines is 1. The van der Waals surface area contributed by atoms with Gasteiger partial charge in [-0.25, -0.2) is 4.39 Å². The Morgan fingerprint density at radius 1 is 1.18 bits per heavy atom. The van der Waals surface area contributed by atoms with E-state index < -0.39 is 0 Å². The zero-order valence-electron chi connectivity index (χ0n) is 18.8. The number of fused-ring (bicyclic) bond motifs is 2. The monoisotopic (exact) mass is 452 g/mol. The molecule has 0 saturated carbocycles. The fourth-order valence-electron chi connectivity index (χ4n) is 4.63. The SMILES string of the molecule is Cc1cc2ccc(F)c(CCN3CCC(NCc4cc5c(cn4)OCCO5)CC3)c2[nH]c1=O. The van der Waals surface area contributed by atoms with E-state index in [1.807, 2.05) is 12.1 Å². The highest BCUT2D eigenvalue weighted by Crippen LogP contribution is 2.29. The first-order valence-electron chi connectivity index (χ1n) is 11.6. The van der Waals surface area contributed by atoms with Crippen LogP contribution in [0, 0.1) is 12.7 Å². The van der Waals surface area contributed by atoms with Crippen LogP contribution < -0.4 is 20.3 Å². The molecule has 2 N–H and O–H groups in total. The lowest BCUT2D eigenvalue weighted by Gasteiger charge is -2.32. The standard InChI is InChI=1S/C25H29FN4O3/c1-16-12-17-2-3-21(26)20(24(17)29-25(16)31)6-9-30-7-4-18(5-8-30)27-14-19-13-22-23(15-28-19)33-11-10-32-22/h2-3,12-13,15,18,27H,4-11,14H2,1H3,(H,29,31). The molecule has 1 fully saturated rings. The second kappa shape index (κ2) is 9.49.